The van der Waals surface area contributed by atoms with Crippen LogP contribution in [0.15, 0.2) is 66.7 Å². The lowest BCUT2D eigenvalue weighted by atomic mass is 9.86. The molecule has 0 bridgehead atoms. The van der Waals surface area contributed by atoms with Crippen molar-refractivity contribution in [2.45, 2.75) is 45.6 Å². The van der Waals surface area contributed by atoms with Crippen LogP contribution < -0.4 is 25.8 Å². The van der Waals surface area contributed by atoms with Crippen molar-refractivity contribution in [3.63, 3.8) is 0 Å². The van der Waals surface area contributed by atoms with Gasteiger partial charge < -0.3 is 35.7 Å². The molecule has 0 spiro atoms. The zero-order chi connectivity index (χ0) is 31.4. The number of amides is 1. The summed E-state index contributed by atoms with van der Waals surface area (Å²) in [5.41, 5.74) is 8.13. The van der Waals surface area contributed by atoms with Crippen molar-refractivity contribution in [3.05, 3.63) is 89.0 Å². The Labute approximate surface area is 267 Å². The fraction of sp³-hybridized carbons (Fsp3) is 0.265. The second-order valence-corrected chi connectivity index (χ2v) is 11.0. The highest BCUT2D eigenvalue weighted by Gasteiger charge is 2.34. The van der Waals surface area contributed by atoms with E-state index in [-0.39, 0.29) is 36.1 Å². The van der Waals surface area contributed by atoms with E-state index in [1.165, 1.54) is 18.2 Å². The molecule has 5 rings (SSSR count). The summed E-state index contributed by atoms with van der Waals surface area (Å²) in [5.74, 6) is 0.429. The molecule has 0 fully saturated rings. The molecule has 0 aromatic heterocycles. The summed E-state index contributed by atoms with van der Waals surface area (Å²) in [6.45, 7) is 6.32. The molecule has 0 saturated carbocycles. The van der Waals surface area contributed by atoms with Crippen molar-refractivity contribution in [3.8, 4) is 17.2 Å². The first-order valence-electron chi connectivity index (χ1n) is 14.5. The van der Waals surface area contributed by atoms with Gasteiger partial charge in [0.15, 0.2) is 5.96 Å². The van der Waals surface area contributed by atoms with Crippen LogP contribution in [0.4, 0.5) is 11.4 Å². The number of hydrogen-bond donors (Lipinski definition) is 5. The van der Waals surface area contributed by atoms with Crippen molar-refractivity contribution in [2.24, 2.45) is 5.73 Å². The van der Waals surface area contributed by atoms with Crippen molar-refractivity contribution >= 4 is 52.4 Å². The van der Waals surface area contributed by atoms with E-state index >= 15 is 0 Å². The Bertz CT molecular complexity index is 1740. The molecule has 1 unspecified atom stereocenters. The maximum atomic E-state index is 13.0. The molecular weight excluding hydrogens is 596 g/mol. The number of anilines is 2. The van der Waals surface area contributed by atoms with Crippen LogP contribution in [0.2, 0.25) is 0 Å². The molecule has 4 aromatic carbocycles. The lowest BCUT2D eigenvalue weighted by molar-refractivity contribution is 0.0437. The number of rotatable bonds is 9. The Morgan fingerprint density at radius 2 is 1.71 bits per heavy atom. The summed E-state index contributed by atoms with van der Waals surface area (Å²) >= 11 is 0. The van der Waals surface area contributed by atoms with Crippen LogP contribution in [-0.2, 0) is 11.2 Å². The number of aromatic hydroxyl groups is 1. The largest absolute Gasteiger partial charge is 0.507 e. The van der Waals surface area contributed by atoms with Crippen molar-refractivity contribution in [2.75, 3.05) is 23.8 Å². The van der Waals surface area contributed by atoms with Crippen molar-refractivity contribution in [1.29, 1.82) is 5.41 Å². The zero-order valence-corrected chi connectivity index (χ0v) is 26.2. The number of carbonyl (C=O) groups is 2. The quantitative estimate of drug-likeness (QED) is 0.0789. The molecule has 0 radical (unpaired) electrons. The lowest BCUT2D eigenvalue weighted by Gasteiger charge is -2.37. The van der Waals surface area contributed by atoms with Crippen LogP contribution in [-0.4, -0.2) is 41.8 Å². The molecule has 4 aromatic rings. The number of ether oxygens (including phenoxy) is 3. The first kappa shape index (κ1) is 32.9. The molecule has 236 valence electrons. The number of nitrogens with one attached hydrogen (secondary N) is 3. The van der Waals surface area contributed by atoms with Crippen LogP contribution in [0.5, 0.6) is 17.2 Å². The summed E-state index contributed by atoms with van der Waals surface area (Å²) < 4.78 is 17.7. The number of benzene rings is 4. The Kier molecular flexibility index (Phi) is 10.1. The Morgan fingerprint density at radius 3 is 2.40 bits per heavy atom. The minimum atomic E-state index is -0.588. The average Bonchev–Trinajstić information content (AvgIpc) is 3.00. The standard InChI is InChI=1S/C34H36N4O6.ClH/c1-4-42-32(41)22-17-21(18-24(19-22)38-33(35)36)31(40)37-23-9-11-25(12-10-23)43-16-15-34(3)14-13-26-20(2)29(39)27-7-5-6-8-28(27)30(26)44-34;/h5-12,17-19,39H,4,13-16H2,1-3H3,(H,37,40)(H4,35,36,38);1H. The van der Waals surface area contributed by atoms with Gasteiger partial charge in [0.1, 0.15) is 22.8 Å². The van der Waals surface area contributed by atoms with Crippen LogP contribution in [0, 0.1) is 12.3 Å². The second-order valence-electron chi connectivity index (χ2n) is 11.0. The molecule has 1 atom stereocenters. The molecule has 0 aliphatic carbocycles. The van der Waals surface area contributed by atoms with Crippen LogP contribution in [0.3, 0.4) is 0 Å². The molecule has 0 saturated heterocycles. The molecule has 1 amide bonds. The number of carbonyl (C=O) groups excluding carboxylic acids is 2. The number of guanidine groups is 1. The van der Waals surface area contributed by atoms with Gasteiger partial charge in [-0.2, -0.15) is 0 Å². The predicted octanol–water partition coefficient (Wildman–Crippen LogP) is 6.56. The van der Waals surface area contributed by atoms with E-state index in [1.54, 1.807) is 31.2 Å². The summed E-state index contributed by atoms with van der Waals surface area (Å²) in [7, 11) is 0. The minimum Gasteiger partial charge on any atom is -0.507 e. The number of fused-ring (bicyclic) bond motifs is 3. The highest BCUT2D eigenvalue weighted by atomic mass is 35.5. The first-order chi connectivity index (χ1) is 21.1. The molecule has 1 heterocycles. The van der Waals surface area contributed by atoms with E-state index < -0.39 is 17.5 Å². The second kappa shape index (κ2) is 13.8. The first-order valence-corrected chi connectivity index (χ1v) is 14.5. The summed E-state index contributed by atoms with van der Waals surface area (Å²) in [6.07, 6.45) is 2.26. The summed E-state index contributed by atoms with van der Waals surface area (Å²) in [6, 6.07) is 19.1. The van der Waals surface area contributed by atoms with Gasteiger partial charge in [0.05, 0.1) is 18.8 Å². The molecule has 45 heavy (non-hydrogen) atoms. The lowest BCUT2D eigenvalue weighted by Crippen LogP contribution is -2.38. The van der Waals surface area contributed by atoms with Crippen LogP contribution in [0.25, 0.3) is 10.8 Å². The molecule has 11 heteroatoms. The average molecular weight is 633 g/mol. The van der Waals surface area contributed by atoms with Crippen molar-refractivity contribution in [1.82, 2.24) is 0 Å². The van der Waals surface area contributed by atoms with Gasteiger partial charge in [-0.15, -0.1) is 12.4 Å². The molecule has 10 nitrogen and oxygen atoms in total. The number of esters is 1. The van der Waals surface area contributed by atoms with Gasteiger partial charge in [0, 0.05) is 39.7 Å². The maximum absolute atomic E-state index is 13.0. The minimum absolute atomic E-state index is 0. The highest BCUT2D eigenvalue weighted by Crippen LogP contribution is 2.45. The van der Waals surface area contributed by atoms with E-state index in [0.717, 1.165) is 40.5 Å². The monoisotopic (exact) mass is 632 g/mol. The SMILES string of the molecule is CCOC(=O)c1cc(NC(=N)N)cc(C(=O)Nc2ccc(OCCC3(C)CCc4c(C)c(O)c5ccccc5c4O3)cc2)c1.Cl. The molecular formula is C34H37ClN4O6. The van der Waals surface area contributed by atoms with E-state index in [2.05, 4.69) is 17.6 Å². The van der Waals surface area contributed by atoms with Gasteiger partial charge in [-0.3, -0.25) is 10.2 Å². The third kappa shape index (κ3) is 7.41. The molecule has 1 aliphatic rings. The summed E-state index contributed by atoms with van der Waals surface area (Å²) in [4.78, 5) is 25.3. The number of phenols is 1. The zero-order valence-electron chi connectivity index (χ0n) is 25.4. The third-order valence-electron chi connectivity index (χ3n) is 7.76. The Hall–Kier alpha value is -4.96. The van der Waals surface area contributed by atoms with E-state index in [1.807, 2.05) is 31.2 Å². The van der Waals surface area contributed by atoms with E-state index in [0.29, 0.717) is 35.9 Å². The van der Waals surface area contributed by atoms with E-state index in [4.69, 9.17) is 25.4 Å². The van der Waals surface area contributed by atoms with Crippen LogP contribution >= 0.6 is 12.4 Å². The topological polar surface area (TPSA) is 156 Å². The maximum Gasteiger partial charge on any atom is 0.338 e. The number of hydrogen-bond acceptors (Lipinski definition) is 7. The molecule has 6 N–H and O–H groups in total. The number of halogens is 1. The van der Waals surface area contributed by atoms with Gasteiger partial charge in [-0.1, -0.05) is 24.3 Å². The molecule has 1 aliphatic heterocycles. The highest BCUT2D eigenvalue weighted by molar-refractivity contribution is 6.07. The normalized spacial score (nSPS) is 15.2. The van der Waals surface area contributed by atoms with Crippen molar-refractivity contribution < 1.29 is 28.9 Å². The predicted molar refractivity (Wildman–Crippen MR) is 177 cm³/mol. The number of nitrogens with two attached hydrogens (primary N) is 1. The fourth-order valence-corrected chi connectivity index (χ4v) is 5.39. The number of phenolic OH excluding ortho intramolecular Hbond substituents is 1. The Morgan fingerprint density at radius 1 is 1.02 bits per heavy atom. The fourth-order valence-electron chi connectivity index (χ4n) is 5.39. The van der Waals surface area contributed by atoms with Gasteiger partial charge in [-0.25, -0.2) is 4.79 Å². The Balaban J connectivity index is 0.00000461. The van der Waals surface area contributed by atoms with Gasteiger partial charge >= 0.3 is 5.97 Å². The third-order valence-corrected chi connectivity index (χ3v) is 7.76. The van der Waals surface area contributed by atoms with E-state index in [9.17, 15) is 14.7 Å². The summed E-state index contributed by atoms with van der Waals surface area (Å²) in [5, 5.41) is 25.3. The van der Waals surface area contributed by atoms with Gasteiger partial charge in [0.2, 0.25) is 0 Å². The smallest absolute Gasteiger partial charge is 0.338 e. The van der Waals surface area contributed by atoms with Gasteiger partial charge in [0.25, 0.3) is 5.91 Å². The van der Waals surface area contributed by atoms with Gasteiger partial charge in [-0.05, 0) is 81.6 Å². The van der Waals surface area contributed by atoms with Crippen LogP contribution in [0.1, 0.15) is 58.5 Å².